The van der Waals surface area contributed by atoms with Crippen molar-refractivity contribution in [2.24, 2.45) is 0 Å². The Balaban J connectivity index is 1.68. The molecule has 0 bridgehead atoms. The number of aromatic nitrogens is 1. The summed E-state index contributed by atoms with van der Waals surface area (Å²) in [6.07, 6.45) is 5.93. The van der Waals surface area contributed by atoms with Gasteiger partial charge in [0.05, 0.1) is 25.1 Å². The van der Waals surface area contributed by atoms with Crippen molar-refractivity contribution in [1.29, 1.82) is 0 Å². The standard InChI is InChI=1S/C22H29N3O3/c1-3-13-27-19-9-7-17(15-20(19)28-14-4-2)22(26)24-18-8-10-21(23-16-18)25-11-5-6-12-25/h7-10,15-16H,3-6,11-14H2,1-2H3,(H,24,26). The SMILES string of the molecule is CCCOc1ccc(C(=O)Nc2ccc(N3CCCC3)nc2)cc1OCCC. The summed E-state index contributed by atoms with van der Waals surface area (Å²) in [5, 5.41) is 2.91. The molecule has 0 saturated carbocycles. The lowest BCUT2D eigenvalue weighted by Crippen LogP contribution is -2.19. The number of amides is 1. The number of nitrogens with one attached hydrogen (secondary N) is 1. The Bertz CT molecular complexity index is 771. The zero-order valence-corrected chi connectivity index (χ0v) is 16.7. The van der Waals surface area contributed by atoms with Gasteiger partial charge in [-0.15, -0.1) is 0 Å². The monoisotopic (exact) mass is 383 g/mol. The number of anilines is 2. The van der Waals surface area contributed by atoms with Crippen LogP contribution in [0.15, 0.2) is 36.5 Å². The van der Waals surface area contributed by atoms with E-state index in [4.69, 9.17) is 9.47 Å². The highest BCUT2D eigenvalue weighted by atomic mass is 16.5. The molecule has 1 aromatic carbocycles. The molecular formula is C22H29N3O3. The van der Waals surface area contributed by atoms with Crippen LogP contribution in [0.25, 0.3) is 0 Å². The summed E-state index contributed by atoms with van der Waals surface area (Å²) in [4.78, 5) is 19.4. The first-order valence-electron chi connectivity index (χ1n) is 10.1. The van der Waals surface area contributed by atoms with Gasteiger partial charge in [-0.2, -0.15) is 0 Å². The number of hydrogen-bond acceptors (Lipinski definition) is 5. The van der Waals surface area contributed by atoms with Crippen molar-refractivity contribution in [2.45, 2.75) is 39.5 Å². The number of hydrogen-bond donors (Lipinski definition) is 1. The lowest BCUT2D eigenvalue weighted by Gasteiger charge is -2.16. The van der Waals surface area contributed by atoms with Crippen LogP contribution in [0.3, 0.4) is 0 Å². The summed E-state index contributed by atoms with van der Waals surface area (Å²) in [7, 11) is 0. The third kappa shape index (κ3) is 5.15. The largest absolute Gasteiger partial charge is 0.490 e. The number of nitrogens with zero attached hydrogens (tertiary/aromatic N) is 2. The molecule has 2 heterocycles. The third-order valence-corrected chi connectivity index (χ3v) is 4.57. The van der Waals surface area contributed by atoms with E-state index in [1.54, 1.807) is 24.4 Å². The van der Waals surface area contributed by atoms with Gasteiger partial charge in [0.15, 0.2) is 11.5 Å². The van der Waals surface area contributed by atoms with Crippen molar-refractivity contribution < 1.29 is 14.3 Å². The molecule has 150 valence electrons. The van der Waals surface area contributed by atoms with Gasteiger partial charge in [0.2, 0.25) is 0 Å². The molecule has 0 spiro atoms. The summed E-state index contributed by atoms with van der Waals surface area (Å²) >= 11 is 0. The fourth-order valence-corrected chi connectivity index (χ4v) is 3.10. The summed E-state index contributed by atoms with van der Waals surface area (Å²) in [5.74, 6) is 2.04. The first-order chi connectivity index (χ1) is 13.7. The third-order valence-electron chi connectivity index (χ3n) is 4.57. The quantitative estimate of drug-likeness (QED) is 0.690. The maximum atomic E-state index is 12.7. The van der Waals surface area contributed by atoms with Gasteiger partial charge in [-0.3, -0.25) is 4.79 Å². The Labute approximate surface area is 166 Å². The van der Waals surface area contributed by atoms with Crippen molar-refractivity contribution in [2.75, 3.05) is 36.5 Å². The molecule has 1 N–H and O–H groups in total. The Hall–Kier alpha value is -2.76. The Morgan fingerprint density at radius 1 is 1.04 bits per heavy atom. The van der Waals surface area contributed by atoms with Gasteiger partial charge in [-0.05, 0) is 56.0 Å². The second-order valence-corrected chi connectivity index (χ2v) is 6.91. The van der Waals surface area contributed by atoms with E-state index in [2.05, 4.69) is 22.1 Å². The highest BCUT2D eigenvalue weighted by Crippen LogP contribution is 2.29. The van der Waals surface area contributed by atoms with Crippen LogP contribution < -0.4 is 19.7 Å². The zero-order chi connectivity index (χ0) is 19.8. The van der Waals surface area contributed by atoms with Crippen LogP contribution in [0.4, 0.5) is 11.5 Å². The van der Waals surface area contributed by atoms with Crippen LogP contribution in [-0.2, 0) is 0 Å². The molecule has 1 aliphatic heterocycles. The van der Waals surface area contributed by atoms with E-state index in [1.807, 2.05) is 19.1 Å². The second-order valence-electron chi connectivity index (χ2n) is 6.91. The lowest BCUT2D eigenvalue weighted by molar-refractivity contribution is 0.102. The summed E-state index contributed by atoms with van der Waals surface area (Å²) in [6, 6.07) is 9.14. The van der Waals surface area contributed by atoms with Crippen LogP contribution in [0, 0.1) is 0 Å². The fraction of sp³-hybridized carbons (Fsp3) is 0.455. The van der Waals surface area contributed by atoms with Gasteiger partial charge < -0.3 is 19.7 Å². The molecule has 0 aliphatic carbocycles. The number of carbonyl (C=O) groups excluding carboxylic acids is 1. The Morgan fingerprint density at radius 3 is 2.39 bits per heavy atom. The maximum absolute atomic E-state index is 12.7. The van der Waals surface area contributed by atoms with E-state index in [0.29, 0.717) is 36.0 Å². The fourth-order valence-electron chi connectivity index (χ4n) is 3.10. The molecule has 1 aromatic heterocycles. The normalized spacial score (nSPS) is 13.4. The van der Waals surface area contributed by atoms with Crippen molar-refractivity contribution >= 4 is 17.4 Å². The number of rotatable bonds is 9. The average Bonchev–Trinajstić information content (AvgIpc) is 3.26. The van der Waals surface area contributed by atoms with Gasteiger partial charge in [0, 0.05) is 18.7 Å². The van der Waals surface area contributed by atoms with Crippen molar-refractivity contribution in [3.63, 3.8) is 0 Å². The molecule has 1 saturated heterocycles. The molecule has 1 amide bonds. The Kier molecular flexibility index (Phi) is 7.12. The van der Waals surface area contributed by atoms with Crippen LogP contribution in [-0.4, -0.2) is 37.2 Å². The highest BCUT2D eigenvalue weighted by molar-refractivity contribution is 6.04. The molecule has 28 heavy (non-hydrogen) atoms. The lowest BCUT2D eigenvalue weighted by atomic mass is 10.2. The van der Waals surface area contributed by atoms with Gasteiger partial charge in [-0.1, -0.05) is 13.8 Å². The smallest absolute Gasteiger partial charge is 0.255 e. The molecule has 0 unspecified atom stereocenters. The van der Waals surface area contributed by atoms with Crippen LogP contribution >= 0.6 is 0 Å². The van der Waals surface area contributed by atoms with Crippen molar-refractivity contribution in [3.05, 3.63) is 42.1 Å². The first-order valence-corrected chi connectivity index (χ1v) is 10.1. The number of pyridine rings is 1. The van der Waals surface area contributed by atoms with Crippen LogP contribution in [0.5, 0.6) is 11.5 Å². The minimum Gasteiger partial charge on any atom is -0.490 e. The molecule has 0 radical (unpaired) electrons. The molecule has 6 nitrogen and oxygen atoms in total. The molecule has 1 fully saturated rings. The van der Waals surface area contributed by atoms with Crippen molar-refractivity contribution in [3.8, 4) is 11.5 Å². The maximum Gasteiger partial charge on any atom is 0.255 e. The van der Waals surface area contributed by atoms with Gasteiger partial charge in [0.25, 0.3) is 5.91 Å². The second kappa shape index (κ2) is 9.97. The average molecular weight is 383 g/mol. The first kappa shape index (κ1) is 20.0. The predicted octanol–water partition coefficient (Wildman–Crippen LogP) is 4.51. The van der Waals surface area contributed by atoms with E-state index < -0.39 is 0 Å². The van der Waals surface area contributed by atoms with Crippen LogP contribution in [0.1, 0.15) is 49.9 Å². The van der Waals surface area contributed by atoms with Crippen LogP contribution in [0.2, 0.25) is 0 Å². The molecule has 6 heteroatoms. The van der Waals surface area contributed by atoms with Crippen molar-refractivity contribution in [1.82, 2.24) is 4.98 Å². The molecule has 0 atom stereocenters. The summed E-state index contributed by atoms with van der Waals surface area (Å²) < 4.78 is 11.5. The van der Waals surface area contributed by atoms with E-state index >= 15 is 0 Å². The van der Waals surface area contributed by atoms with Gasteiger partial charge >= 0.3 is 0 Å². The molecule has 2 aromatic rings. The highest BCUT2D eigenvalue weighted by Gasteiger charge is 2.15. The molecular weight excluding hydrogens is 354 g/mol. The molecule has 3 rings (SSSR count). The van der Waals surface area contributed by atoms with E-state index in [9.17, 15) is 4.79 Å². The minimum atomic E-state index is -0.195. The van der Waals surface area contributed by atoms with E-state index in [0.717, 1.165) is 31.7 Å². The van der Waals surface area contributed by atoms with E-state index in [1.165, 1.54) is 12.8 Å². The number of carbonyl (C=O) groups is 1. The van der Waals surface area contributed by atoms with Gasteiger partial charge in [0.1, 0.15) is 5.82 Å². The number of benzene rings is 1. The number of ether oxygens (including phenoxy) is 2. The van der Waals surface area contributed by atoms with E-state index in [-0.39, 0.29) is 5.91 Å². The predicted molar refractivity (Wildman–Crippen MR) is 112 cm³/mol. The van der Waals surface area contributed by atoms with Gasteiger partial charge in [-0.25, -0.2) is 4.98 Å². The topological polar surface area (TPSA) is 63.7 Å². The zero-order valence-electron chi connectivity index (χ0n) is 16.7. The minimum absolute atomic E-state index is 0.195. The summed E-state index contributed by atoms with van der Waals surface area (Å²) in [6.45, 7) is 7.38. The Morgan fingerprint density at radius 2 is 1.75 bits per heavy atom. The summed E-state index contributed by atoms with van der Waals surface area (Å²) in [5.41, 5.74) is 1.20. The molecule has 1 aliphatic rings.